The summed E-state index contributed by atoms with van der Waals surface area (Å²) in [6.45, 7) is 2.69. The number of benzene rings is 3. The fraction of sp³-hybridized carbons (Fsp3) is 0.208. The van der Waals surface area contributed by atoms with Crippen molar-refractivity contribution in [1.29, 1.82) is 0 Å². The summed E-state index contributed by atoms with van der Waals surface area (Å²) < 4.78 is 22.9. The molecule has 0 fully saturated rings. The van der Waals surface area contributed by atoms with Crippen LogP contribution in [0.5, 0.6) is 23.0 Å². The Morgan fingerprint density at radius 3 is 2.39 bits per heavy atom. The lowest BCUT2D eigenvalue weighted by Crippen LogP contribution is -2.13. The van der Waals surface area contributed by atoms with Crippen molar-refractivity contribution in [2.75, 3.05) is 26.1 Å². The maximum atomic E-state index is 13.0. The minimum absolute atomic E-state index is 0.317. The van der Waals surface area contributed by atoms with Crippen LogP contribution in [0.1, 0.15) is 22.8 Å². The van der Waals surface area contributed by atoms with E-state index in [1.54, 1.807) is 44.6 Å². The maximum absolute atomic E-state index is 13.0. The molecular formula is C24H24BrNO5. The average molecular weight is 486 g/mol. The SMILES string of the molecule is CCOc1cc(C(=O)Nc2cc(OC)ccc2OC)cc(Br)c1OCc1ccccc1. The van der Waals surface area contributed by atoms with Gasteiger partial charge in [0.25, 0.3) is 5.91 Å². The highest BCUT2D eigenvalue weighted by atomic mass is 79.9. The third-order valence-electron chi connectivity index (χ3n) is 4.45. The number of methoxy groups -OCH3 is 2. The summed E-state index contributed by atoms with van der Waals surface area (Å²) in [6.07, 6.45) is 0. The highest BCUT2D eigenvalue weighted by Crippen LogP contribution is 2.38. The number of ether oxygens (including phenoxy) is 4. The number of hydrogen-bond donors (Lipinski definition) is 1. The first-order valence-electron chi connectivity index (χ1n) is 9.72. The molecule has 7 heteroatoms. The minimum atomic E-state index is -0.317. The number of carbonyl (C=O) groups is 1. The topological polar surface area (TPSA) is 66.0 Å². The van der Waals surface area contributed by atoms with Gasteiger partial charge in [-0.25, -0.2) is 0 Å². The van der Waals surface area contributed by atoms with E-state index in [1.165, 1.54) is 0 Å². The van der Waals surface area contributed by atoms with Gasteiger partial charge < -0.3 is 24.3 Å². The lowest BCUT2D eigenvalue weighted by Gasteiger charge is -2.16. The van der Waals surface area contributed by atoms with E-state index in [4.69, 9.17) is 18.9 Å². The molecule has 0 saturated carbocycles. The summed E-state index contributed by atoms with van der Waals surface area (Å²) in [5, 5.41) is 2.87. The Bertz CT molecular complexity index is 1040. The molecule has 0 aliphatic heterocycles. The van der Waals surface area contributed by atoms with Gasteiger partial charge in [0.2, 0.25) is 0 Å². The molecule has 3 rings (SSSR count). The third-order valence-corrected chi connectivity index (χ3v) is 5.04. The molecule has 0 spiro atoms. The van der Waals surface area contributed by atoms with Crippen LogP contribution >= 0.6 is 15.9 Å². The Morgan fingerprint density at radius 2 is 1.71 bits per heavy atom. The number of halogens is 1. The van der Waals surface area contributed by atoms with Gasteiger partial charge in [-0.3, -0.25) is 4.79 Å². The van der Waals surface area contributed by atoms with Crippen LogP contribution in [0.15, 0.2) is 65.1 Å². The highest BCUT2D eigenvalue weighted by molar-refractivity contribution is 9.10. The van der Waals surface area contributed by atoms with Gasteiger partial charge in [0.05, 0.1) is 31.0 Å². The first-order chi connectivity index (χ1) is 15.0. The van der Waals surface area contributed by atoms with Crippen molar-refractivity contribution in [3.05, 3.63) is 76.3 Å². The molecule has 0 aromatic heterocycles. The van der Waals surface area contributed by atoms with E-state index in [2.05, 4.69) is 21.2 Å². The Hall–Kier alpha value is -3.19. The number of anilines is 1. The predicted molar refractivity (Wildman–Crippen MR) is 124 cm³/mol. The van der Waals surface area contributed by atoms with Crippen molar-refractivity contribution in [2.45, 2.75) is 13.5 Å². The van der Waals surface area contributed by atoms with E-state index in [-0.39, 0.29) is 5.91 Å². The summed E-state index contributed by atoms with van der Waals surface area (Å²) in [5.41, 5.74) is 1.95. The molecular weight excluding hydrogens is 462 g/mol. The van der Waals surface area contributed by atoms with Crippen molar-refractivity contribution < 1.29 is 23.7 Å². The zero-order valence-corrected chi connectivity index (χ0v) is 19.2. The molecule has 0 aliphatic rings. The van der Waals surface area contributed by atoms with Gasteiger partial charge in [0.15, 0.2) is 11.5 Å². The van der Waals surface area contributed by atoms with Crippen LogP contribution in [0.4, 0.5) is 5.69 Å². The van der Waals surface area contributed by atoms with Crippen LogP contribution in [0.3, 0.4) is 0 Å². The van der Waals surface area contributed by atoms with Gasteiger partial charge in [-0.2, -0.15) is 0 Å². The monoisotopic (exact) mass is 485 g/mol. The Morgan fingerprint density at radius 1 is 0.935 bits per heavy atom. The van der Waals surface area contributed by atoms with E-state index in [1.807, 2.05) is 37.3 Å². The van der Waals surface area contributed by atoms with Gasteiger partial charge in [-0.1, -0.05) is 30.3 Å². The van der Waals surface area contributed by atoms with Gasteiger partial charge >= 0.3 is 0 Å². The molecule has 162 valence electrons. The maximum Gasteiger partial charge on any atom is 0.255 e. The second-order valence-corrected chi connectivity index (χ2v) is 7.37. The highest BCUT2D eigenvalue weighted by Gasteiger charge is 2.18. The zero-order chi connectivity index (χ0) is 22.2. The summed E-state index contributed by atoms with van der Waals surface area (Å²) in [5.74, 6) is 1.85. The molecule has 0 saturated heterocycles. The van der Waals surface area contributed by atoms with E-state index >= 15 is 0 Å². The molecule has 1 N–H and O–H groups in total. The number of hydrogen-bond acceptors (Lipinski definition) is 5. The zero-order valence-electron chi connectivity index (χ0n) is 17.6. The quantitative estimate of drug-likeness (QED) is 0.421. The van der Waals surface area contributed by atoms with Crippen LogP contribution in [0, 0.1) is 0 Å². The summed E-state index contributed by atoms with van der Waals surface area (Å²) in [7, 11) is 3.10. The molecule has 0 unspecified atom stereocenters. The number of rotatable bonds is 9. The predicted octanol–water partition coefficient (Wildman–Crippen LogP) is 5.70. The molecule has 3 aromatic rings. The van der Waals surface area contributed by atoms with Gasteiger partial charge in [0, 0.05) is 11.6 Å². The van der Waals surface area contributed by atoms with E-state index < -0.39 is 0 Å². The molecule has 1 amide bonds. The Labute approximate surface area is 190 Å². The average Bonchev–Trinajstić information content (AvgIpc) is 2.79. The lowest BCUT2D eigenvalue weighted by molar-refractivity contribution is 0.102. The van der Waals surface area contributed by atoms with Crippen LogP contribution in [-0.2, 0) is 6.61 Å². The fourth-order valence-electron chi connectivity index (χ4n) is 2.94. The van der Waals surface area contributed by atoms with E-state index in [9.17, 15) is 4.79 Å². The number of amides is 1. The fourth-order valence-corrected chi connectivity index (χ4v) is 3.49. The summed E-state index contributed by atoms with van der Waals surface area (Å²) in [4.78, 5) is 13.0. The molecule has 3 aromatic carbocycles. The molecule has 0 radical (unpaired) electrons. The van der Waals surface area contributed by atoms with E-state index in [0.29, 0.717) is 51.9 Å². The lowest BCUT2D eigenvalue weighted by atomic mass is 10.1. The van der Waals surface area contributed by atoms with Gasteiger partial charge in [0.1, 0.15) is 18.1 Å². The van der Waals surface area contributed by atoms with Crippen LogP contribution in [-0.4, -0.2) is 26.7 Å². The first kappa shape index (κ1) is 22.5. The molecule has 0 bridgehead atoms. The van der Waals surface area contributed by atoms with E-state index in [0.717, 1.165) is 5.56 Å². The molecule has 0 aliphatic carbocycles. The minimum Gasteiger partial charge on any atom is -0.497 e. The van der Waals surface area contributed by atoms with Crippen molar-refractivity contribution in [3.63, 3.8) is 0 Å². The van der Waals surface area contributed by atoms with Crippen molar-refractivity contribution >= 4 is 27.5 Å². The number of carbonyl (C=O) groups excluding carboxylic acids is 1. The van der Waals surface area contributed by atoms with Crippen LogP contribution < -0.4 is 24.3 Å². The Balaban J connectivity index is 1.85. The number of nitrogens with one attached hydrogen (secondary N) is 1. The second kappa shape index (κ2) is 10.7. The second-order valence-electron chi connectivity index (χ2n) is 6.51. The molecule has 0 atom stereocenters. The standard InChI is InChI=1S/C24H24BrNO5/c1-4-30-22-13-17(12-19(25)23(22)31-15-16-8-6-5-7-9-16)24(27)26-20-14-18(28-2)10-11-21(20)29-3/h5-14H,4,15H2,1-3H3,(H,26,27). The van der Waals surface area contributed by atoms with Gasteiger partial charge in [-0.15, -0.1) is 0 Å². The van der Waals surface area contributed by atoms with Crippen molar-refractivity contribution in [1.82, 2.24) is 0 Å². The summed E-state index contributed by atoms with van der Waals surface area (Å²) >= 11 is 3.52. The molecule has 0 heterocycles. The normalized spacial score (nSPS) is 10.3. The molecule has 6 nitrogen and oxygen atoms in total. The summed E-state index contributed by atoms with van der Waals surface area (Å²) in [6, 6.07) is 18.4. The molecule has 31 heavy (non-hydrogen) atoms. The third kappa shape index (κ3) is 5.70. The Kier molecular flexibility index (Phi) is 7.78. The van der Waals surface area contributed by atoms with Crippen molar-refractivity contribution in [2.24, 2.45) is 0 Å². The van der Waals surface area contributed by atoms with Crippen molar-refractivity contribution in [3.8, 4) is 23.0 Å². The van der Waals surface area contributed by atoms with Gasteiger partial charge in [-0.05, 0) is 52.7 Å². The van der Waals surface area contributed by atoms with Crippen LogP contribution in [0.25, 0.3) is 0 Å². The smallest absolute Gasteiger partial charge is 0.255 e. The first-order valence-corrected chi connectivity index (χ1v) is 10.5. The largest absolute Gasteiger partial charge is 0.497 e. The van der Waals surface area contributed by atoms with Crippen LogP contribution in [0.2, 0.25) is 0 Å².